The third-order valence-corrected chi connectivity index (χ3v) is 3.99. The van der Waals surface area contributed by atoms with E-state index in [1.165, 1.54) is 5.01 Å². The van der Waals surface area contributed by atoms with E-state index in [4.69, 9.17) is 16.3 Å². The van der Waals surface area contributed by atoms with E-state index in [2.05, 4.69) is 5.10 Å². The lowest BCUT2D eigenvalue weighted by Gasteiger charge is -2.24. The summed E-state index contributed by atoms with van der Waals surface area (Å²) in [7, 11) is 1.64. The highest BCUT2D eigenvalue weighted by molar-refractivity contribution is 6.31. The van der Waals surface area contributed by atoms with Crippen molar-refractivity contribution in [2.75, 3.05) is 13.7 Å². The molecule has 0 fully saturated rings. The average Bonchev–Trinajstić information content (AvgIpc) is 2.61. The molecule has 4 nitrogen and oxygen atoms in total. The normalized spacial score (nSPS) is 14.3. The van der Waals surface area contributed by atoms with E-state index in [1.54, 1.807) is 31.4 Å². The van der Waals surface area contributed by atoms with Gasteiger partial charge in [-0.25, -0.2) is 5.01 Å². The number of benzene rings is 2. The minimum atomic E-state index is -0.127. The highest BCUT2D eigenvalue weighted by Gasteiger charge is 2.20. The van der Waals surface area contributed by atoms with Gasteiger partial charge in [0.05, 0.1) is 12.8 Å². The Balaban J connectivity index is 1.84. The fraction of sp³-hybridized carbons (Fsp3) is 0.222. The summed E-state index contributed by atoms with van der Waals surface area (Å²) < 4.78 is 5.17. The topological polar surface area (TPSA) is 41.9 Å². The van der Waals surface area contributed by atoms with Gasteiger partial charge in [0.25, 0.3) is 5.91 Å². The van der Waals surface area contributed by atoms with Gasteiger partial charge in [-0.1, -0.05) is 17.7 Å². The predicted molar refractivity (Wildman–Crippen MR) is 91.3 cm³/mol. The largest absolute Gasteiger partial charge is 0.497 e. The highest BCUT2D eigenvalue weighted by Crippen LogP contribution is 2.20. The molecular weight excluding hydrogens is 312 g/mol. The molecule has 5 heteroatoms. The smallest absolute Gasteiger partial charge is 0.274 e. The molecule has 3 rings (SSSR count). The molecule has 0 bridgehead atoms. The van der Waals surface area contributed by atoms with Crippen LogP contribution in [0.15, 0.2) is 53.6 Å². The number of hydrogen-bond donors (Lipinski definition) is 0. The summed E-state index contributed by atoms with van der Waals surface area (Å²) in [5.74, 6) is 0.676. The van der Waals surface area contributed by atoms with Gasteiger partial charge in [0, 0.05) is 17.1 Å². The summed E-state index contributed by atoms with van der Waals surface area (Å²) in [4.78, 5) is 12.6. The number of methoxy groups -OCH3 is 1. The third-order valence-electron chi connectivity index (χ3n) is 3.75. The zero-order valence-electron chi connectivity index (χ0n) is 12.8. The van der Waals surface area contributed by atoms with Crippen molar-refractivity contribution in [2.45, 2.75) is 12.8 Å². The quantitative estimate of drug-likeness (QED) is 0.855. The van der Waals surface area contributed by atoms with Crippen molar-refractivity contribution >= 4 is 23.2 Å². The lowest BCUT2D eigenvalue weighted by molar-refractivity contribution is 0.0751. The van der Waals surface area contributed by atoms with Crippen LogP contribution >= 0.6 is 11.6 Å². The van der Waals surface area contributed by atoms with Gasteiger partial charge in [-0.2, -0.15) is 5.10 Å². The maximum absolute atomic E-state index is 12.6. The van der Waals surface area contributed by atoms with Crippen molar-refractivity contribution in [3.63, 3.8) is 0 Å². The molecule has 1 amide bonds. The van der Waals surface area contributed by atoms with Crippen molar-refractivity contribution < 1.29 is 9.53 Å². The first-order chi connectivity index (χ1) is 11.2. The Bertz CT molecular complexity index is 741. The Hall–Kier alpha value is -2.33. The number of amides is 1. The van der Waals surface area contributed by atoms with E-state index in [1.807, 2.05) is 24.3 Å². The molecule has 0 N–H and O–H groups in total. The van der Waals surface area contributed by atoms with Crippen LogP contribution in [0.25, 0.3) is 0 Å². The molecule has 2 aromatic rings. The summed E-state index contributed by atoms with van der Waals surface area (Å²) in [5, 5.41) is 6.60. The van der Waals surface area contributed by atoms with Gasteiger partial charge in [0.2, 0.25) is 0 Å². The van der Waals surface area contributed by atoms with Crippen LogP contribution in [-0.2, 0) is 0 Å². The molecule has 1 aliphatic rings. The van der Waals surface area contributed by atoms with E-state index in [0.29, 0.717) is 17.1 Å². The molecule has 118 valence electrons. The van der Waals surface area contributed by atoms with Crippen LogP contribution in [0, 0.1) is 0 Å². The number of nitrogens with zero attached hydrogens (tertiary/aromatic N) is 2. The molecule has 0 saturated carbocycles. The summed E-state index contributed by atoms with van der Waals surface area (Å²) >= 11 is 5.96. The van der Waals surface area contributed by atoms with E-state index in [-0.39, 0.29) is 5.91 Å². The maximum atomic E-state index is 12.6. The van der Waals surface area contributed by atoms with Crippen molar-refractivity contribution in [1.82, 2.24) is 5.01 Å². The Kier molecular flexibility index (Phi) is 4.63. The summed E-state index contributed by atoms with van der Waals surface area (Å²) in [5.41, 5.74) is 2.47. The summed E-state index contributed by atoms with van der Waals surface area (Å²) in [6.07, 6.45) is 1.74. The van der Waals surface area contributed by atoms with Crippen LogP contribution in [0.3, 0.4) is 0 Å². The molecule has 0 radical (unpaired) electrons. The van der Waals surface area contributed by atoms with Crippen molar-refractivity contribution in [1.29, 1.82) is 0 Å². The van der Waals surface area contributed by atoms with Gasteiger partial charge < -0.3 is 4.74 Å². The second kappa shape index (κ2) is 6.84. The van der Waals surface area contributed by atoms with Gasteiger partial charge in [-0.3, -0.25) is 4.79 Å². The summed E-state index contributed by atoms with van der Waals surface area (Å²) in [6, 6.07) is 14.7. The minimum absolute atomic E-state index is 0.127. The highest BCUT2D eigenvalue weighted by atomic mass is 35.5. The Morgan fingerprint density at radius 3 is 2.70 bits per heavy atom. The molecule has 0 aliphatic carbocycles. The van der Waals surface area contributed by atoms with Gasteiger partial charge in [-0.15, -0.1) is 0 Å². The minimum Gasteiger partial charge on any atom is -0.497 e. The molecule has 0 saturated heterocycles. The number of carbonyl (C=O) groups excluding carboxylic acids is 1. The molecule has 23 heavy (non-hydrogen) atoms. The maximum Gasteiger partial charge on any atom is 0.274 e. The lowest BCUT2D eigenvalue weighted by atomic mass is 10.0. The molecule has 1 aliphatic heterocycles. The van der Waals surface area contributed by atoms with E-state index in [0.717, 1.165) is 29.9 Å². The first-order valence-electron chi connectivity index (χ1n) is 7.47. The summed E-state index contributed by atoms with van der Waals surface area (Å²) in [6.45, 7) is 0.616. The fourth-order valence-corrected chi connectivity index (χ4v) is 2.74. The number of hydrogen-bond acceptors (Lipinski definition) is 3. The molecule has 0 atom stereocenters. The van der Waals surface area contributed by atoms with Crippen LogP contribution in [0.5, 0.6) is 5.75 Å². The molecular formula is C18H17ClN2O2. The number of rotatable bonds is 3. The number of ether oxygens (including phenoxy) is 1. The van der Waals surface area contributed by atoms with E-state index < -0.39 is 0 Å². The monoisotopic (exact) mass is 328 g/mol. The number of carbonyl (C=O) groups is 1. The molecule has 1 heterocycles. The van der Waals surface area contributed by atoms with Gasteiger partial charge in [0.15, 0.2) is 0 Å². The zero-order chi connectivity index (χ0) is 16.2. The zero-order valence-corrected chi connectivity index (χ0v) is 13.6. The van der Waals surface area contributed by atoms with Crippen molar-refractivity contribution in [3.8, 4) is 5.75 Å². The molecule has 0 unspecified atom stereocenters. The standard InChI is InChI=1S/C18H17ClN2O2/c1-23-16-9-7-13(8-10-16)17-6-3-11-21(20-17)18(22)14-4-2-5-15(19)12-14/h2,4-5,7-10,12H,3,6,11H2,1H3. The van der Waals surface area contributed by atoms with Gasteiger partial charge in [0.1, 0.15) is 5.75 Å². The van der Waals surface area contributed by atoms with Crippen LogP contribution in [0.4, 0.5) is 0 Å². The fourth-order valence-electron chi connectivity index (χ4n) is 2.54. The average molecular weight is 329 g/mol. The second-order valence-corrected chi connectivity index (χ2v) is 5.75. The van der Waals surface area contributed by atoms with Crippen LogP contribution in [-0.4, -0.2) is 30.3 Å². The molecule has 0 spiro atoms. The van der Waals surface area contributed by atoms with Gasteiger partial charge >= 0.3 is 0 Å². The lowest BCUT2D eigenvalue weighted by Crippen LogP contribution is -2.32. The van der Waals surface area contributed by atoms with Crippen LogP contribution in [0.2, 0.25) is 5.02 Å². The Morgan fingerprint density at radius 1 is 1.22 bits per heavy atom. The van der Waals surface area contributed by atoms with Gasteiger partial charge in [-0.05, 0) is 60.9 Å². The number of halogens is 1. The number of hydrazone groups is 1. The van der Waals surface area contributed by atoms with Crippen LogP contribution in [0.1, 0.15) is 28.8 Å². The predicted octanol–water partition coefficient (Wildman–Crippen LogP) is 3.99. The van der Waals surface area contributed by atoms with Crippen LogP contribution < -0.4 is 4.74 Å². The molecule has 2 aromatic carbocycles. The SMILES string of the molecule is COc1ccc(C2=NN(C(=O)c3cccc(Cl)c3)CCC2)cc1. The first-order valence-corrected chi connectivity index (χ1v) is 7.84. The second-order valence-electron chi connectivity index (χ2n) is 5.32. The van der Waals surface area contributed by atoms with Crippen molar-refractivity contribution in [3.05, 3.63) is 64.7 Å². The Morgan fingerprint density at radius 2 is 2.00 bits per heavy atom. The third kappa shape index (κ3) is 3.54. The molecule has 0 aromatic heterocycles. The van der Waals surface area contributed by atoms with Crippen molar-refractivity contribution in [2.24, 2.45) is 5.10 Å². The Labute approximate surface area is 140 Å². The van der Waals surface area contributed by atoms with E-state index >= 15 is 0 Å². The first kappa shape index (κ1) is 15.6. The van der Waals surface area contributed by atoms with E-state index in [9.17, 15) is 4.79 Å².